The van der Waals surface area contributed by atoms with Crippen molar-refractivity contribution in [2.45, 2.75) is 58.6 Å². The van der Waals surface area contributed by atoms with E-state index in [1.165, 1.54) is 0 Å². The molecule has 2 N–H and O–H groups in total. The van der Waals surface area contributed by atoms with Crippen molar-refractivity contribution in [2.24, 2.45) is 0 Å². The Hall–Kier alpha value is -2.82. The van der Waals surface area contributed by atoms with Crippen LogP contribution in [0.25, 0.3) is 11.1 Å². The second kappa shape index (κ2) is 8.05. The molecule has 0 radical (unpaired) electrons. The van der Waals surface area contributed by atoms with Gasteiger partial charge in [0.25, 0.3) is 0 Å². The highest BCUT2D eigenvalue weighted by molar-refractivity contribution is 6.00. The molecule has 0 aliphatic carbocycles. The lowest BCUT2D eigenvalue weighted by Crippen LogP contribution is -2.24. The van der Waals surface area contributed by atoms with Gasteiger partial charge in [0.05, 0.1) is 11.4 Å². The predicted molar refractivity (Wildman–Crippen MR) is 112 cm³/mol. The van der Waals surface area contributed by atoms with Crippen LogP contribution in [0.1, 0.15) is 46.1 Å². The van der Waals surface area contributed by atoms with E-state index in [0.29, 0.717) is 19.3 Å². The predicted octanol–water partition coefficient (Wildman–Crippen LogP) is 4.77. The number of rotatable bonds is 4. The van der Waals surface area contributed by atoms with E-state index in [4.69, 9.17) is 4.74 Å². The van der Waals surface area contributed by atoms with Crippen molar-refractivity contribution in [3.8, 4) is 11.1 Å². The maximum atomic E-state index is 12.0. The van der Waals surface area contributed by atoms with Crippen molar-refractivity contribution in [3.63, 3.8) is 0 Å². The summed E-state index contributed by atoms with van der Waals surface area (Å²) in [7, 11) is 0. The van der Waals surface area contributed by atoms with Gasteiger partial charge < -0.3 is 15.4 Å². The Morgan fingerprint density at radius 3 is 2.68 bits per heavy atom. The fraction of sp³-hybridized carbons (Fsp3) is 0.391. The van der Waals surface area contributed by atoms with Crippen molar-refractivity contribution >= 4 is 23.3 Å². The Bertz CT molecular complexity index is 884. The summed E-state index contributed by atoms with van der Waals surface area (Å²) < 4.78 is 5.40. The van der Waals surface area contributed by atoms with E-state index in [1.54, 1.807) is 0 Å². The highest BCUT2D eigenvalue weighted by atomic mass is 16.6. The van der Waals surface area contributed by atoms with Crippen LogP contribution in [0.5, 0.6) is 0 Å². The molecule has 2 aromatic rings. The third-order valence-electron chi connectivity index (χ3n) is 4.50. The van der Waals surface area contributed by atoms with Crippen LogP contribution in [-0.2, 0) is 20.7 Å². The minimum absolute atomic E-state index is 0.0158. The van der Waals surface area contributed by atoms with E-state index in [-0.39, 0.29) is 17.9 Å². The average molecular weight is 380 g/mol. The van der Waals surface area contributed by atoms with Gasteiger partial charge in [-0.1, -0.05) is 36.4 Å². The van der Waals surface area contributed by atoms with Gasteiger partial charge in [0.15, 0.2) is 0 Å². The number of para-hydroxylation sites is 1. The summed E-state index contributed by atoms with van der Waals surface area (Å²) in [5, 5.41) is 6.43. The van der Waals surface area contributed by atoms with Gasteiger partial charge in [-0.3, -0.25) is 9.59 Å². The van der Waals surface area contributed by atoms with Crippen LogP contribution in [-0.4, -0.2) is 23.5 Å². The standard InChI is InChI=1S/C23H28N2O3/c1-15-13-20(26)25-19-10-6-9-18(22(19)24-15)17-8-5-7-16(14-17)11-12-21(27)28-23(2,3)4/h5-10,14-15,24H,11-13H2,1-4H3,(H,25,26)/t15-/m1/s1. The first kappa shape index (κ1) is 19.9. The Labute approximate surface area is 166 Å². The molecule has 0 bridgehead atoms. The number of benzene rings is 2. The minimum atomic E-state index is -0.465. The van der Waals surface area contributed by atoms with Gasteiger partial charge in [0.2, 0.25) is 5.91 Å². The number of ether oxygens (including phenoxy) is 1. The van der Waals surface area contributed by atoms with Crippen LogP contribution < -0.4 is 10.6 Å². The number of hydrogen-bond acceptors (Lipinski definition) is 4. The quantitative estimate of drug-likeness (QED) is 0.750. The second-order valence-corrected chi connectivity index (χ2v) is 8.31. The molecule has 1 heterocycles. The van der Waals surface area contributed by atoms with Gasteiger partial charge >= 0.3 is 5.97 Å². The summed E-state index contributed by atoms with van der Waals surface area (Å²) in [4.78, 5) is 24.0. The van der Waals surface area contributed by atoms with Crippen LogP contribution in [0.4, 0.5) is 11.4 Å². The molecule has 1 aliphatic heterocycles. The number of aryl methyl sites for hydroxylation is 1. The summed E-state index contributed by atoms with van der Waals surface area (Å²) in [6.07, 6.45) is 1.40. The maximum absolute atomic E-state index is 12.0. The number of nitrogens with one attached hydrogen (secondary N) is 2. The summed E-state index contributed by atoms with van der Waals surface area (Å²) in [6.45, 7) is 7.63. The fourth-order valence-corrected chi connectivity index (χ4v) is 3.36. The van der Waals surface area contributed by atoms with Crippen molar-refractivity contribution in [2.75, 3.05) is 10.6 Å². The monoisotopic (exact) mass is 380 g/mol. The zero-order valence-corrected chi connectivity index (χ0v) is 17.0. The maximum Gasteiger partial charge on any atom is 0.306 e. The zero-order chi connectivity index (χ0) is 20.3. The average Bonchev–Trinajstić information content (AvgIpc) is 2.74. The normalized spacial score (nSPS) is 16.4. The topological polar surface area (TPSA) is 67.4 Å². The van der Waals surface area contributed by atoms with E-state index in [9.17, 15) is 9.59 Å². The smallest absolute Gasteiger partial charge is 0.306 e. The number of amides is 1. The van der Waals surface area contributed by atoms with Crippen LogP contribution >= 0.6 is 0 Å². The number of fused-ring (bicyclic) bond motifs is 1. The number of carbonyl (C=O) groups excluding carboxylic acids is 2. The largest absolute Gasteiger partial charge is 0.460 e. The summed E-state index contributed by atoms with van der Waals surface area (Å²) >= 11 is 0. The second-order valence-electron chi connectivity index (χ2n) is 8.31. The molecule has 1 atom stereocenters. The highest BCUT2D eigenvalue weighted by Gasteiger charge is 2.20. The van der Waals surface area contributed by atoms with Crippen molar-refractivity contribution in [3.05, 3.63) is 48.0 Å². The molecule has 0 fully saturated rings. The molecule has 1 amide bonds. The number of esters is 1. The first-order chi connectivity index (χ1) is 13.2. The van der Waals surface area contributed by atoms with E-state index >= 15 is 0 Å². The van der Waals surface area contributed by atoms with E-state index in [1.807, 2.05) is 64.1 Å². The molecule has 0 spiro atoms. The van der Waals surface area contributed by atoms with Crippen LogP contribution in [0.2, 0.25) is 0 Å². The lowest BCUT2D eigenvalue weighted by atomic mass is 9.98. The first-order valence-corrected chi connectivity index (χ1v) is 9.72. The zero-order valence-electron chi connectivity index (χ0n) is 17.0. The molecule has 28 heavy (non-hydrogen) atoms. The SMILES string of the molecule is C[C@@H]1CC(=O)Nc2cccc(-c3cccc(CCC(=O)OC(C)(C)C)c3)c2N1. The molecular formula is C23H28N2O3. The first-order valence-electron chi connectivity index (χ1n) is 9.72. The molecule has 0 saturated heterocycles. The van der Waals surface area contributed by atoms with Crippen LogP contribution in [0.15, 0.2) is 42.5 Å². The van der Waals surface area contributed by atoms with Crippen molar-refractivity contribution in [1.82, 2.24) is 0 Å². The summed E-state index contributed by atoms with van der Waals surface area (Å²) in [5.74, 6) is -0.174. The molecule has 0 unspecified atom stereocenters. The van der Waals surface area contributed by atoms with Gasteiger partial charge in [-0.25, -0.2) is 0 Å². The van der Waals surface area contributed by atoms with Crippen LogP contribution in [0.3, 0.4) is 0 Å². The molecule has 0 saturated carbocycles. The number of carbonyl (C=O) groups is 2. The van der Waals surface area contributed by atoms with Gasteiger partial charge in [-0.15, -0.1) is 0 Å². The van der Waals surface area contributed by atoms with E-state index in [0.717, 1.165) is 28.1 Å². The third kappa shape index (κ3) is 5.12. The minimum Gasteiger partial charge on any atom is -0.460 e. The third-order valence-corrected chi connectivity index (χ3v) is 4.50. The van der Waals surface area contributed by atoms with Gasteiger partial charge in [0, 0.05) is 24.4 Å². The number of anilines is 2. The Morgan fingerprint density at radius 1 is 1.18 bits per heavy atom. The fourth-order valence-electron chi connectivity index (χ4n) is 3.36. The molecule has 0 aromatic heterocycles. The molecular weight excluding hydrogens is 352 g/mol. The van der Waals surface area contributed by atoms with Gasteiger partial charge in [-0.2, -0.15) is 0 Å². The molecule has 148 valence electrons. The number of hydrogen-bond donors (Lipinski definition) is 2. The lowest BCUT2D eigenvalue weighted by molar-refractivity contribution is -0.154. The van der Waals surface area contributed by atoms with Gasteiger partial charge in [0.1, 0.15) is 5.60 Å². The molecule has 1 aliphatic rings. The van der Waals surface area contributed by atoms with Crippen molar-refractivity contribution < 1.29 is 14.3 Å². The van der Waals surface area contributed by atoms with Crippen LogP contribution in [0, 0.1) is 0 Å². The van der Waals surface area contributed by atoms with E-state index < -0.39 is 5.60 Å². The Balaban J connectivity index is 1.82. The molecule has 3 rings (SSSR count). The van der Waals surface area contributed by atoms with E-state index in [2.05, 4.69) is 16.7 Å². The van der Waals surface area contributed by atoms with Gasteiger partial charge in [-0.05, 0) is 51.3 Å². The lowest BCUT2D eigenvalue weighted by Gasteiger charge is -2.19. The molecule has 5 nitrogen and oxygen atoms in total. The Morgan fingerprint density at radius 2 is 1.93 bits per heavy atom. The molecule has 5 heteroatoms. The summed E-state index contributed by atoms with van der Waals surface area (Å²) in [6, 6.07) is 14.1. The molecule has 2 aromatic carbocycles. The summed E-state index contributed by atoms with van der Waals surface area (Å²) in [5.41, 5.74) is 4.43. The Kier molecular flexibility index (Phi) is 5.73. The highest BCUT2D eigenvalue weighted by Crippen LogP contribution is 2.37. The van der Waals surface area contributed by atoms with Crippen molar-refractivity contribution in [1.29, 1.82) is 0 Å².